The minimum Gasteiger partial charge on any atom is -0.494 e. The Labute approximate surface area is 141 Å². The van der Waals surface area contributed by atoms with Crippen LogP contribution in [0.5, 0.6) is 5.75 Å². The van der Waals surface area contributed by atoms with Gasteiger partial charge >= 0.3 is 0 Å². The van der Waals surface area contributed by atoms with Gasteiger partial charge in [0.25, 0.3) is 5.56 Å². The van der Waals surface area contributed by atoms with Crippen molar-refractivity contribution >= 4 is 16.6 Å². The van der Waals surface area contributed by atoms with Crippen molar-refractivity contribution in [3.63, 3.8) is 0 Å². The molecule has 1 N–H and O–H groups in total. The summed E-state index contributed by atoms with van der Waals surface area (Å²) >= 11 is 0. The number of hydrogen-bond donors (Lipinski definition) is 1. The second-order valence-electron chi connectivity index (χ2n) is 5.91. The average molecular weight is 322 g/mol. The highest BCUT2D eigenvalue weighted by Gasteiger charge is 2.07. The molecule has 0 spiro atoms. The summed E-state index contributed by atoms with van der Waals surface area (Å²) in [5.41, 5.74) is 3.89. The van der Waals surface area contributed by atoms with Gasteiger partial charge in [-0.15, -0.1) is 0 Å². The minimum atomic E-state index is 0.0322. The summed E-state index contributed by atoms with van der Waals surface area (Å²) in [6.45, 7) is 5.16. The molecule has 0 amide bonds. The van der Waals surface area contributed by atoms with E-state index in [1.165, 1.54) is 5.56 Å². The normalized spacial score (nSPS) is 10.8. The Morgan fingerprint density at radius 2 is 1.83 bits per heavy atom. The molecule has 0 saturated carbocycles. The highest BCUT2D eigenvalue weighted by atomic mass is 16.5. The molecule has 0 aliphatic rings. The third-order valence-corrected chi connectivity index (χ3v) is 4.10. The molecule has 24 heavy (non-hydrogen) atoms. The Hall–Kier alpha value is -2.75. The highest BCUT2D eigenvalue weighted by molar-refractivity contribution is 5.80. The van der Waals surface area contributed by atoms with Crippen LogP contribution in [0.3, 0.4) is 0 Å². The van der Waals surface area contributed by atoms with Gasteiger partial charge in [-0.3, -0.25) is 4.79 Å². The van der Waals surface area contributed by atoms with E-state index in [0.717, 1.165) is 27.9 Å². The summed E-state index contributed by atoms with van der Waals surface area (Å²) in [6, 6.07) is 15.9. The van der Waals surface area contributed by atoms with Crippen molar-refractivity contribution in [3.05, 3.63) is 70.0 Å². The minimum absolute atomic E-state index is 0.0322. The number of fused-ring (bicyclic) bond motifs is 1. The molecule has 4 heteroatoms. The zero-order valence-corrected chi connectivity index (χ0v) is 14.3. The first-order chi connectivity index (χ1) is 11.6. The second kappa shape index (κ2) is 6.79. The van der Waals surface area contributed by atoms with Gasteiger partial charge in [0, 0.05) is 24.8 Å². The number of benzene rings is 2. The Morgan fingerprint density at radius 3 is 2.54 bits per heavy atom. The van der Waals surface area contributed by atoms with Crippen LogP contribution < -0.4 is 15.6 Å². The van der Waals surface area contributed by atoms with Crippen LogP contribution in [0.15, 0.2) is 53.3 Å². The van der Waals surface area contributed by atoms with Crippen LogP contribution in [-0.4, -0.2) is 11.2 Å². The van der Waals surface area contributed by atoms with E-state index >= 15 is 0 Å². The molecule has 0 radical (unpaired) electrons. The second-order valence-corrected chi connectivity index (χ2v) is 5.91. The van der Waals surface area contributed by atoms with Crippen molar-refractivity contribution in [2.24, 2.45) is 7.05 Å². The predicted octanol–water partition coefficient (Wildman–Crippen LogP) is 3.86. The van der Waals surface area contributed by atoms with Crippen LogP contribution in [0.25, 0.3) is 10.9 Å². The monoisotopic (exact) mass is 322 g/mol. The molecule has 0 atom stereocenters. The molecule has 1 heterocycles. The summed E-state index contributed by atoms with van der Waals surface area (Å²) in [6.07, 6.45) is 0. The summed E-state index contributed by atoms with van der Waals surface area (Å²) in [5.74, 6) is 0.847. The van der Waals surface area contributed by atoms with Gasteiger partial charge in [-0.05, 0) is 61.7 Å². The first-order valence-corrected chi connectivity index (χ1v) is 8.14. The molecule has 4 nitrogen and oxygen atoms in total. The van der Waals surface area contributed by atoms with Gasteiger partial charge in [0.05, 0.1) is 12.1 Å². The molecule has 3 aromatic rings. The molecular formula is C20H22N2O2. The van der Waals surface area contributed by atoms with Gasteiger partial charge in [-0.1, -0.05) is 11.6 Å². The molecule has 124 valence electrons. The lowest BCUT2D eigenvalue weighted by atomic mass is 10.1. The third-order valence-electron chi connectivity index (χ3n) is 4.10. The van der Waals surface area contributed by atoms with E-state index in [2.05, 4.69) is 18.3 Å². The Bertz CT molecular complexity index is 911. The van der Waals surface area contributed by atoms with Gasteiger partial charge < -0.3 is 14.6 Å². The van der Waals surface area contributed by atoms with Crippen LogP contribution in [0.4, 0.5) is 5.69 Å². The summed E-state index contributed by atoms with van der Waals surface area (Å²) in [4.78, 5) is 12.5. The number of anilines is 1. The first kappa shape index (κ1) is 16.1. The third kappa shape index (κ3) is 3.27. The van der Waals surface area contributed by atoms with Gasteiger partial charge in [0.2, 0.25) is 0 Å². The highest BCUT2D eigenvalue weighted by Crippen LogP contribution is 2.18. The maximum atomic E-state index is 12.5. The van der Waals surface area contributed by atoms with E-state index in [9.17, 15) is 4.79 Å². The number of rotatable bonds is 5. The van der Waals surface area contributed by atoms with E-state index in [1.54, 1.807) is 4.57 Å². The van der Waals surface area contributed by atoms with Gasteiger partial charge in [0.15, 0.2) is 0 Å². The molecular weight excluding hydrogens is 300 g/mol. The van der Waals surface area contributed by atoms with Crippen LogP contribution in [0, 0.1) is 6.92 Å². The van der Waals surface area contributed by atoms with Crippen LogP contribution in [-0.2, 0) is 13.6 Å². The fourth-order valence-corrected chi connectivity index (χ4v) is 2.83. The average Bonchev–Trinajstić information content (AvgIpc) is 2.58. The Morgan fingerprint density at radius 1 is 1.08 bits per heavy atom. The number of aryl methyl sites for hydroxylation is 2. The van der Waals surface area contributed by atoms with Crippen molar-refractivity contribution in [1.82, 2.24) is 4.57 Å². The number of hydrogen-bond acceptors (Lipinski definition) is 3. The van der Waals surface area contributed by atoms with Crippen LogP contribution in [0.1, 0.15) is 18.1 Å². The largest absolute Gasteiger partial charge is 0.494 e. The maximum absolute atomic E-state index is 12.5. The Balaban J connectivity index is 1.84. The van der Waals surface area contributed by atoms with Crippen molar-refractivity contribution < 1.29 is 4.74 Å². The summed E-state index contributed by atoms with van der Waals surface area (Å²) in [7, 11) is 1.82. The number of nitrogens with zero attached hydrogens (tertiary/aromatic N) is 1. The molecule has 0 saturated heterocycles. The quantitative estimate of drug-likeness (QED) is 0.776. The number of ether oxygens (including phenoxy) is 1. The molecule has 0 fully saturated rings. The molecule has 0 unspecified atom stereocenters. The maximum Gasteiger partial charge on any atom is 0.255 e. The number of aromatic nitrogens is 1. The lowest BCUT2D eigenvalue weighted by Gasteiger charge is -2.11. The van der Waals surface area contributed by atoms with E-state index in [-0.39, 0.29) is 5.56 Å². The number of pyridine rings is 1. The van der Waals surface area contributed by atoms with Gasteiger partial charge in [-0.25, -0.2) is 0 Å². The molecule has 0 aliphatic heterocycles. The molecule has 3 rings (SSSR count). The standard InChI is InChI=1S/C20H22N2O2/c1-4-24-18-8-6-17(7-9-18)21-13-16-12-15-11-14(2)5-10-19(15)22(3)20(16)23/h5-12,21H,4,13H2,1-3H3. The van der Waals surface area contributed by atoms with Crippen molar-refractivity contribution in [2.75, 3.05) is 11.9 Å². The fraction of sp³-hybridized carbons (Fsp3) is 0.250. The lowest BCUT2D eigenvalue weighted by molar-refractivity contribution is 0.340. The summed E-state index contributed by atoms with van der Waals surface area (Å²) < 4.78 is 7.15. The van der Waals surface area contributed by atoms with Crippen molar-refractivity contribution in [2.45, 2.75) is 20.4 Å². The smallest absolute Gasteiger partial charge is 0.255 e. The molecule has 2 aromatic carbocycles. The summed E-state index contributed by atoms with van der Waals surface area (Å²) in [5, 5.41) is 4.39. The van der Waals surface area contributed by atoms with E-state index < -0.39 is 0 Å². The molecule has 0 aliphatic carbocycles. The van der Waals surface area contributed by atoms with Crippen molar-refractivity contribution in [3.8, 4) is 5.75 Å². The topological polar surface area (TPSA) is 43.3 Å². The fourth-order valence-electron chi connectivity index (χ4n) is 2.83. The van der Waals surface area contributed by atoms with Crippen LogP contribution >= 0.6 is 0 Å². The van der Waals surface area contributed by atoms with Gasteiger partial charge in [-0.2, -0.15) is 0 Å². The lowest BCUT2D eigenvalue weighted by Crippen LogP contribution is -2.23. The molecule has 1 aromatic heterocycles. The molecule has 0 bridgehead atoms. The van der Waals surface area contributed by atoms with E-state index in [0.29, 0.717) is 13.2 Å². The zero-order valence-electron chi connectivity index (χ0n) is 14.3. The predicted molar refractivity (Wildman–Crippen MR) is 98.9 cm³/mol. The Kier molecular flexibility index (Phi) is 4.56. The van der Waals surface area contributed by atoms with Gasteiger partial charge in [0.1, 0.15) is 5.75 Å². The van der Waals surface area contributed by atoms with E-state index in [4.69, 9.17) is 4.74 Å². The van der Waals surface area contributed by atoms with Crippen molar-refractivity contribution in [1.29, 1.82) is 0 Å². The SMILES string of the molecule is CCOc1ccc(NCc2cc3cc(C)ccc3n(C)c2=O)cc1. The van der Waals surface area contributed by atoms with E-state index in [1.807, 2.05) is 56.4 Å². The zero-order chi connectivity index (χ0) is 17.1. The first-order valence-electron chi connectivity index (χ1n) is 8.14. The van der Waals surface area contributed by atoms with Crippen LogP contribution in [0.2, 0.25) is 0 Å². The number of nitrogens with one attached hydrogen (secondary N) is 1.